The molecule has 7 heteroatoms. The van der Waals surface area contributed by atoms with Gasteiger partial charge < -0.3 is 15.3 Å². The first-order valence-corrected chi connectivity index (χ1v) is 9.72. The number of aromatic hydroxyl groups is 1. The van der Waals surface area contributed by atoms with Crippen LogP contribution in [0.25, 0.3) is 0 Å². The van der Waals surface area contributed by atoms with Crippen LogP contribution in [-0.4, -0.2) is 34.5 Å². The molecule has 2 aromatic rings. The fourth-order valence-corrected chi connectivity index (χ4v) is 4.20. The minimum absolute atomic E-state index is 0. The van der Waals surface area contributed by atoms with Crippen molar-refractivity contribution in [2.24, 2.45) is 4.99 Å². The van der Waals surface area contributed by atoms with Gasteiger partial charge in [0.2, 0.25) is 0 Å². The molecule has 1 aromatic heterocycles. The summed E-state index contributed by atoms with van der Waals surface area (Å²) in [6, 6.07) is 7.19. The zero-order chi connectivity index (χ0) is 17.6. The predicted molar refractivity (Wildman–Crippen MR) is 119 cm³/mol. The summed E-state index contributed by atoms with van der Waals surface area (Å²) >= 11 is 1.85. The maximum atomic E-state index is 9.38. The van der Waals surface area contributed by atoms with Gasteiger partial charge in [-0.25, -0.2) is 9.98 Å². The highest BCUT2D eigenvalue weighted by molar-refractivity contribution is 14.0. The van der Waals surface area contributed by atoms with E-state index >= 15 is 0 Å². The van der Waals surface area contributed by atoms with Gasteiger partial charge in [-0.1, -0.05) is 12.1 Å². The summed E-state index contributed by atoms with van der Waals surface area (Å²) in [5.74, 6) is 1.16. The smallest absolute Gasteiger partial charge is 0.194 e. The fourth-order valence-electron chi connectivity index (χ4n) is 2.99. The monoisotopic (exact) mass is 486 g/mol. The lowest BCUT2D eigenvalue weighted by Crippen LogP contribution is -2.38. The SMILES string of the molecule is CCNC(=NCc1ccc(O)cc1)N(C)Cc1nc2c(s1)CCCC2.I. The molecule has 1 aromatic carbocycles. The topological polar surface area (TPSA) is 60.8 Å². The van der Waals surface area contributed by atoms with Crippen LogP contribution in [0.1, 0.15) is 40.9 Å². The van der Waals surface area contributed by atoms with Gasteiger partial charge in [-0.15, -0.1) is 35.3 Å². The van der Waals surface area contributed by atoms with E-state index in [1.807, 2.05) is 23.5 Å². The third-order valence-corrected chi connectivity index (χ3v) is 5.45. The van der Waals surface area contributed by atoms with Crippen molar-refractivity contribution >= 4 is 41.3 Å². The molecule has 0 fully saturated rings. The summed E-state index contributed by atoms with van der Waals surface area (Å²) in [6.45, 7) is 4.26. The highest BCUT2D eigenvalue weighted by Crippen LogP contribution is 2.27. The lowest BCUT2D eigenvalue weighted by atomic mass is 10.0. The van der Waals surface area contributed by atoms with Crippen molar-refractivity contribution in [3.8, 4) is 5.75 Å². The Morgan fingerprint density at radius 1 is 1.27 bits per heavy atom. The first-order valence-electron chi connectivity index (χ1n) is 8.90. The Morgan fingerprint density at radius 2 is 2.00 bits per heavy atom. The molecule has 1 aliphatic rings. The molecular formula is C19H27IN4OS. The standard InChI is InChI=1S/C19H26N4OS.HI/c1-3-20-19(21-12-14-8-10-15(24)11-9-14)23(2)13-18-22-16-6-4-5-7-17(16)25-18;/h8-11,24H,3-7,12-13H2,1-2H3,(H,20,21);1H. The number of phenolic OH excluding ortho intramolecular Hbond substituents is 1. The molecule has 142 valence electrons. The summed E-state index contributed by atoms with van der Waals surface area (Å²) in [5.41, 5.74) is 2.39. The number of guanidine groups is 1. The second-order valence-electron chi connectivity index (χ2n) is 6.38. The van der Waals surface area contributed by atoms with Gasteiger partial charge in [0, 0.05) is 18.5 Å². The van der Waals surface area contributed by atoms with E-state index in [0.717, 1.165) is 31.0 Å². The van der Waals surface area contributed by atoms with Gasteiger partial charge in [0.15, 0.2) is 5.96 Å². The van der Waals surface area contributed by atoms with E-state index in [9.17, 15) is 5.11 Å². The van der Waals surface area contributed by atoms with Gasteiger partial charge in [-0.05, 0) is 50.3 Å². The number of halogens is 1. The summed E-state index contributed by atoms with van der Waals surface area (Å²) in [6.07, 6.45) is 4.88. The van der Waals surface area contributed by atoms with E-state index in [-0.39, 0.29) is 29.7 Å². The number of rotatable bonds is 5. The molecule has 0 saturated heterocycles. The van der Waals surface area contributed by atoms with Crippen LogP contribution in [0.3, 0.4) is 0 Å². The quantitative estimate of drug-likeness (QED) is 0.382. The summed E-state index contributed by atoms with van der Waals surface area (Å²) in [5, 5.41) is 13.9. The number of aryl methyl sites for hydroxylation is 2. The van der Waals surface area contributed by atoms with E-state index in [1.54, 1.807) is 12.1 Å². The number of nitrogens with one attached hydrogen (secondary N) is 1. The third kappa shape index (κ3) is 5.57. The Bertz CT molecular complexity index is 706. The molecule has 0 saturated carbocycles. The Hall–Kier alpha value is -1.35. The molecule has 0 atom stereocenters. The van der Waals surface area contributed by atoms with Gasteiger partial charge >= 0.3 is 0 Å². The molecule has 0 aliphatic heterocycles. The molecule has 0 amide bonds. The lowest BCUT2D eigenvalue weighted by Gasteiger charge is -2.21. The number of benzene rings is 1. The van der Waals surface area contributed by atoms with E-state index in [1.165, 1.54) is 34.8 Å². The molecule has 3 rings (SSSR count). The van der Waals surface area contributed by atoms with Crippen LogP contribution in [-0.2, 0) is 25.9 Å². The zero-order valence-electron chi connectivity index (χ0n) is 15.4. The normalized spacial score (nSPS) is 13.7. The maximum Gasteiger partial charge on any atom is 0.194 e. The Morgan fingerprint density at radius 3 is 2.69 bits per heavy atom. The van der Waals surface area contributed by atoms with Crippen molar-refractivity contribution in [2.45, 2.75) is 45.7 Å². The minimum Gasteiger partial charge on any atom is -0.508 e. The molecule has 5 nitrogen and oxygen atoms in total. The van der Waals surface area contributed by atoms with E-state index in [4.69, 9.17) is 9.98 Å². The van der Waals surface area contributed by atoms with Crippen molar-refractivity contribution in [1.29, 1.82) is 0 Å². The third-order valence-electron chi connectivity index (χ3n) is 4.31. The van der Waals surface area contributed by atoms with E-state index < -0.39 is 0 Å². The molecule has 0 spiro atoms. The highest BCUT2D eigenvalue weighted by Gasteiger charge is 2.16. The Balaban J connectivity index is 0.00000243. The first kappa shape index (κ1) is 21.0. The van der Waals surface area contributed by atoms with Crippen molar-refractivity contribution in [1.82, 2.24) is 15.2 Å². The van der Waals surface area contributed by atoms with Gasteiger partial charge in [0.05, 0.1) is 18.8 Å². The number of hydrogen-bond donors (Lipinski definition) is 2. The summed E-state index contributed by atoms with van der Waals surface area (Å²) in [4.78, 5) is 13.2. The highest BCUT2D eigenvalue weighted by atomic mass is 127. The van der Waals surface area contributed by atoms with Crippen LogP contribution in [0.15, 0.2) is 29.3 Å². The molecule has 2 N–H and O–H groups in total. The molecule has 1 heterocycles. The number of fused-ring (bicyclic) bond motifs is 1. The Labute approximate surface area is 176 Å². The van der Waals surface area contributed by atoms with Gasteiger partial charge in [-0.2, -0.15) is 0 Å². The summed E-state index contributed by atoms with van der Waals surface area (Å²) < 4.78 is 0. The van der Waals surface area contributed by atoms with E-state index in [2.05, 4.69) is 24.2 Å². The second-order valence-corrected chi connectivity index (χ2v) is 7.55. The van der Waals surface area contributed by atoms with Crippen molar-refractivity contribution in [2.75, 3.05) is 13.6 Å². The maximum absolute atomic E-state index is 9.38. The summed E-state index contributed by atoms with van der Waals surface area (Å²) in [7, 11) is 2.05. The van der Waals surface area contributed by atoms with Crippen LogP contribution >= 0.6 is 35.3 Å². The molecular weight excluding hydrogens is 459 g/mol. The minimum atomic E-state index is 0. The van der Waals surface area contributed by atoms with Crippen molar-refractivity contribution in [3.05, 3.63) is 45.4 Å². The average molecular weight is 486 g/mol. The fraction of sp³-hybridized carbons (Fsp3) is 0.474. The Kier molecular flexibility index (Phi) is 8.15. The largest absolute Gasteiger partial charge is 0.508 e. The van der Waals surface area contributed by atoms with E-state index in [0.29, 0.717) is 6.54 Å². The number of aliphatic imine (C=N–C) groups is 1. The second kappa shape index (κ2) is 10.1. The molecule has 0 radical (unpaired) electrons. The molecule has 1 aliphatic carbocycles. The zero-order valence-corrected chi connectivity index (χ0v) is 18.5. The lowest BCUT2D eigenvalue weighted by molar-refractivity contribution is 0.473. The van der Waals surface area contributed by atoms with Crippen molar-refractivity contribution in [3.63, 3.8) is 0 Å². The number of nitrogens with zero attached hydrogens (tertiary/aromatic N) is 3. The van der Waals surface area contributed by atoms with Gasteiger partial charge in [0.1, 0.15) is 10.8 Å². The van der Waals surface area contributed by atoms with Crippen LogP contribution < -0.4 is 5.32 Å². The predicted octanol–water partition coefficient (Wildman–Crippen LogP) is 3.94. The number of phenols is 1. The van der Waals surface area contributed by atoms with Crippen LogP contribution in [0.2, 0.25) is 0 Å². The molecule has 0 bridgehead atoms. The number of hydrogen-bond acceptors (Lipinski definition) is 4. The van der Waals surface area contributed by atoms with Gasteiger partial charge in [-0.3, -0.25) is 0 Å². The van der Waals surface area contributed by atoms with Crippen LogP contribution in [0.5, 0.6) is 5.75 Å². The first-order chi connectivity index (χ1) is 12.2. The molecule has 0 unspecified atom stereocenters. The van der Waals surface area contributed by atoms with Crippen LogP contribution in [0, 0.1) is 0 Å². The number of thiazole rings is 1. The van der Waals surface area contributed by atoms with Crippen LogP contribution in [0.4, 0.5) is 0 Å². The van der Waals surface area contributed by atoms with Crippen molar-refractivity contribution < 1.29 is 5.11 Å². The van der Waals surface area contributed by atoms with Gasteiger partial charge in [0.25, 0.3) is 0 Å². The number of aromatic nitrogens is 1. The average Bonchev–Trinajstić information content (AvgIpc) is 3.02. The molecule has 26 heavy (non-hydrogen) atoms.